The summed E-state index contributed by atoms with van der Waals surface area (Å²) in [5.41, 5.74) is 1.27. The van der Waals surface area contributed by atoms with Crippen LogP contribution in [0.4, 0.5) is 0 Å². The van der Waals surface area contributed by atoms with Gasteiger partial charge in [0.2, 0.25) is 0 Å². The van der Waals surface area contributed by atoms with E-state index in [1.807, 2.05) is 18.2 Å². The molecule has 0 aliphatic carbocycles. The lowest BCUT2D eigenvalue weighted by Gasteiger charge is -2.22. The van der Waals surface area contributed by atoms with Crippen LogP contribution in [0.25, 0.3) is 0 Å². The lowest BCUT2D eigenvalue weighted by molar-refractivity contribution is 0.474. The lowest BCUT2D eigenvalue weighted by atomic mass is 10.2. The summed E-state index contributed by atoms with van der Waals surface area (Å²) in [6.45, 7) is 4.50. The van der Waals surface area contributed by atoms with Crippen LogP contribution < -0.4 is 5.32 Å². The summed E-state index contributed by atoms with van der Waals surface area (Å²) in [7, 11) is 2.06. The van der Waals surface area contributed by atoms with Crippen LogP contribution >= 0.6 is 24.0 Å². The van der Waals surface area contributed by atoms with E-state index < -0.39 is 0 Å². The van der Waals surface area contributed by atoms with Crippen molar-refractivity contribution in [3.05, 3.63) is 60.1 Å². The third-order valence-corrected chi connectivity index (χ3v) is 3.16. The van der Waals surface area contributed by atoms with Gasteiger partial charge in [-0.15, -0.1) is 24.0 Å². The fourth-order valence-corrected chi connectivity index (χ4v) is 2.13. The third kappa shape index (κ3) is 6.09. The molecule has 120 valence electrons. The first kappa shape index (κ1) is 18.5. The smallest absolute Gasteiger partial charge is 0.193 e. The van der Waals surface area contributed by atoms with Crippen molar-refractivity contribution in [3.63, 3.8) is 0 Å². The quantitative estimate of drug-likeness (QED) is 0.448. The topological polar surface area (TPSA) is 40.8 Å². The molecule has 0 atom stereocenters. The molecule has 0 aliphatic rings. The second-order valence-corrected chi connectivity index (χ2v) is 4.91. The highest BCUT2D eigenvalue weighted by Crippen LogP contribution is 2.04. The first-order valence-corrected chi connectivity index (χ1v) is 7.35. The molecule has 1 heterocycles. The van der Waals surface area contributed by atoms with Crippen LogP contribution in [-0.2, 0) is 13.0 Å². The number of nitrogens with one attached hydrogen (secondary N) is 1. The Balaban J connectivity index is 0.00000242. The van der Waals surface area contributed by atoms with E-state index in [2.05, 4.69) is 53.4 Å². The number of hydrogen-bond donors (Lipinski definition) is 1. The Kier molecular flexibility index (Phi) is 8.65. The Morgan fingerprint density at radius 3 is 2.59 bits per heavy atom. The third-order valence-electron chi connectivity index (χ3n) is 3.16. The molecule has 0 saturated heterocycles. The van der Waals surface area contributed by atoms with Gasteiger partial charge in [-0.1, -0.05) is 30.3 Å². The summed E-state index contributed by atoms with van der Waals surface area (Å²) in [6, 6.07) is 14.3. The molecule has 0 amide bonds. The van der Waals surface area contributed by atoms with E-state index in [0.29, 0.717) is 0 Å². The standard InChI is InChI=1S/C17H23N3O.HI/c1-3-18-17(19-12-11-16-10-7-13-21-16)20(2)14-15-8-5-4-6-9-15;/h4-10,13H,3,11-12,14H2,1-2H3,(H,18,19);1H. The highest BCUT2D eigenvalue weighted by molar-refractivity contribution is 14.0. The summed E-state index contributed by atoms with van der Waals surface area (Å²) in [5, 5.41) is 3.33. The van der Waals surface area contributed by atoms with Crippen molar-refractivity contribution in [2.45, 2.75) is 19.9 Å². The maximum atomic E-state index is 5.33. The number of aliphatic imine (C=N–C) groups is 1. The minimum Gasteiger partial charge on any atom is -0.469 e. The van der Waals surface area contributed by atoms with Crippen LogP contribution in [0.5, 0.6) is 0 Å². The van der Waals surface area contributed by atoms with Gasteiger partial charge in [-0.2, -0.15) is 0 Å². The van der Waals surface area contributed by atoms with Crippen molar-refractivity contribution in [2.75, 3.05) is 20.1 Å². The average Bonchev–Trinajstić information content (AvgIpc) is 3.00. The van der Waals surface area contributed by atoms with E-state index in [1.54, 1.807) is 6.26 Å². The van der Waals surface area contributed by atoms with E-state index in [9.17, 15) is 0 Å². The van der Waals surface area contributed by atoms with Crippen LogP contribution in [0.15, 0.2) is 58.1 Å². The van der Waals surface area contributed by atoms with Crippen molar-refractivity contribution in [3.8, 4) is 0 Å². The molecule has 5 heteroatoms. The zero-order valence-corrected chi connectivity index (χ0v) is 15.5. The summed E-state index contributed by atoms with van der Waals surface area (Å²) in [6.07, 6.45) is 2.52. The molecular weight excluding hydrogens is 389 g/mol. The molecular formula is C17H24IN3O. The normalized spacial score (nSPS) is 10.9. The Morgan fingerprint density at radius 1 is 1.18 bits per heavy atom. The second kappa shape index (κ2) is 10.3. The molecule has 2 rings (SSSR count). The van der Waals surface area contributed by atoms with Gasteiger partial charge < -0.3 is 14.6 Å². The van der Waals surface area contributed by atoms with Crippen LogP contribution in [0, 0.1) is 0 Å². The summed E-state index contributed by atoms with van der Waals surface area (Å²) in [4.78, 5) is 6.80. The second-order valence-electron chi connectivity index (χ2n) is 4.91. The Labute approximate surface area is 149 Å². The van der Waals surface area contributed by atoms with E-state index in [4.69, 9.17) is 4.42 Å². The van der Waals surface area contributed by atoms with Gasteiger partial charge >= 0.3 is 0 Å². The number of rotatable bonds is 6. The maximum Gasteiger partial charge on any atom is 0.193 e. The van der Waals surface area contributed by atoms with Gasteiger partial charge in [0.25, 0.3) is 0 Å². The van der Waals surface area contributed by atoms with Crippen LogP contribution in [0.1, 0.15) is 18.2 Å². The molecule has 0 fully saturated rings. The van der Waals surface area contributed by atoms with Gasteiger partial charge in [0.05, 0.1) is 6.26 Å². The molecule has 2 aromatic rings. The van der Waals surface area contributed by atoms with Gasteiger partial charge in [-0.3, -0.25) is 4.99 Å². The lowest BCUT2D eigenvalue weighted by Crippen LogP contribution is -2.38. The molecule has 0 aliphatic heterocycles. The van der Waals surface area contributed by atoms with Crippen LogP contribution in [0.3, 0.4) is 0 Å². The highest BCUT2D eigenvalue weighted by atomic mass is 127. The van der Waals surface area contributed by atoms with Crippen molar-refractivity contribution >= 4 is 29.9 Å². The predicted octanol–water partition coefficient (Wildman–Crippen LogP) is 3.54. The van der Waals surface area contributed by atoms with Gasteiger partial charge in [-0.05, 0) is 24.6 Å². The van der Waals surface area contributed by atoms with E-state index >= 15 is 0 Å². The molecule has 0 unspecified atom stereocenters. The van der Waals surface area contributed by atoms with Crippen molar-refractivity contribution in [1.29, 1.82) is 0 Å². The summed E-state index contributed by atoms with van der Waals surface area (Å²) < 4.78 is 5.33. The molecule has 0 saturated carbocycles. The minimum absolute atomic E-state index is 0. The maximum absolute atomic E-state index is 5.33. The fraction of sp³-hybridized carbons (Fsp3) is 0.353. The first-order chi connectivity index (χ1) is 10.3. The Bertz CT molecular complexity index is 540. The highest BCUT2D eigenvalue weighted by Gasteiger charge is 2.06. The Hall–Kier alpha value is -1.50. The summed E-state index contributed by atoms with van der Waals surface area (Å²) >= 11 is 0. The number of nitrogens with zero attached hydrogens (tertiary/aromatic N) is 2. The number of guanidine groups is 1. The molecule has 0 spiro atoms. The first-order valence-electron chi connectivity index (χ1n) is 7.35. The van der Waals surface area contributed by atoms with E-state index in [0.717, 1.165) is 37.8 Å². The molecule has 1 aromatic heterocycles. The average molecular weight is 413 g/mol. The van der Waals surface area contributed by atoms with E-state index in [-0.39, 0.29) is 24.0 Å². The molecule has 22 heavy (non-hydrogen) atoms. The number of hydrogen-bond acceptors (Lipinski definition) is 2. The van der Waals surface area contributed by atoms with E-state index in [1.165, 1.54) is 5.56 Å². The largest absolute Gasteiger partial charge is 0.469 e. The Morgan fingerprint density at radius 2 is 1.95 bits per heavy atom. The van der Waals surface area contributed by atoms with Crippen LogP contribution in [-0.4, -0.2) is 31.0 Å². The van der Waals surface area contributed by atoms with Crippen LogP contribution in [0.2, 0.25) is 0 Å². The van der Waals surface area contributed by atoms with Gasteiger partial charge in [0, 0.05) is 33.1 Å². The summed E-state index contributed by atoms with van der Waals surface area (Å²) in [5.74, 6) is 1.90. The van der Waals surface area contributed by atoms with Gasteiger partial charge in [0.1, 0.15) is 5.76 Å². The minimum atomic E-state index is 0. The number of halogens is 1. The number of benzene rings is 1. The number of furan rings is 1. The van der Waals surface area contributed by atoms with Gasteiger partial charge in [-0.25, -0.2) is 0 Å². The monoisotopic (exact) mass is 413 g/mol. The molecule has 0 radical (unpaired) electrons. The molecule has 1 N–H and O–H groups in total. The zero-order chi connectivity index (χ0) is 14.9. The molecule has 0 bridgehead atoms. The zero-order valence-electron chi connectivity index (χ0n) is 13.2. The fourth-order valence-electron chi connectivity index (χ4n) is 2.13. The SMILES string of the molecule is CCNC(=NCCc1ccco1)N(C)Cc1ccccc1.I. The van der Waals surface area contributed by atoms with Crippen molar-refractivity contribution < 1.29 is 4.42 Å². The van der Waals surface area contributed by atoms with Gasteiger partial charge in [0.15, 0.2) is 5.96 Å². The molecule has 1 aromatic carbocycles. The predicted molar refractivity (Wildman–Crippen MR) is 102 cm³/mol. The van der Waals surface area contributed by atoms with Crippen molar-refractivity contribution in [1.82, 2.24) is 10.2 Å². The molecule has 4 nitrogen and oxygen atoms in total. The van der Waals surface area contributed by atoms with Crippen molar-refractivity contribution in [2.24, 2.45) is 4.99 Å².